The monoisotopic (exact) mass is 408 g/mol. The first-order valence-corrected chi connectivity index (χ1v) is 10.8. The van der Waals surface area contributed by atoms with Gasteiger partial charge in [-0.05, 0) is 65.0 Å². The molecule has 2 aliphatic rings. The van der Waals surface area contributed by atoms with Crippen molar-refractivity contribution in [3.8, 4) is 0 Å². The Balaban J connectivity index is 0.000000187. The van der Waals surface area contributed by atoms with Gasteiger partial charge in [0.15, 0.2) is 0 Å². The van der Waals surface area contributed by atoms with Crippen LogP contribution in [0.5, 0.6) is 0 Å². The maximum atomic E-state index is 2.59. The van der Waals surface area contributed by atoms with Crippen LogP contribution in [0.1, 0.15) is 49.7 Å². The van der Waals surface area contributed by atoms with Crippen LogP contribution in [0.3, 0.4) is 0 Å². The van der Waals surface area contributed by atoms with E-state index in [1.165, 1.54) is 102 Å². The van der Waals surface area contributed by atoms with Crippen LogP contribution in [0, 0.1) is 0 Å². The van der Waals surface area contributed by atoms with E-state index in [1.807, 2.05) is 0 Å². The van der Waals surface area contributed by atoms with E-state index in [0.717, 1.165) is 0 Å². The van der Waals surface area contributed by atoms with Gasteiger partial charge in [0.1, 0.15) is 0 Å². The molecule has 0 N–H and O–H groups in total. The van der Waals surface area contributed by atoms with E-state index >= 15 is 0 Å². The molecule has 0 radical (unpaired) electrons. The molecule has 2 heterocycles. The van der Waals surface area contributed by atoms with Crippen LogP contribution in [0.4, 0.5) is 0 Å². The first-order chi connectivity index (χ1) is 12.9. The summed E-state index contributed by atoms with van der Waals surface area (Å²) in [5.41, 5.74) is 2.98. The Kier molecular flexibility index (Phi) is 11.1. The SMILES string of the molecule is [Fe].c1cc[c-](CCN2CCCCC2)c1.c1cc[c-](CCN2CCCCC2)c1. The van der Waals surface area contributed by atoms with Crippen molar-refractivity contribution in [2.75, 3.05) is 39.3 Å². The normalized spacial score (nSPS) is 18.4. The predicted molar refractivity (Wildman–Crippen MR) is 112 cm³/mol. The summed E-state index contributed by atoms with van der Waals surface area (Å²) in [5, 5.41) is 0. The fraction of sp³-hybridized carbons (Fsp3) is 0.583. The smallest absolute Gasteiger partial charge is 0 e. The van der Waals surface area contributed by atoms with Gasteiger partial charge in [0.2, 0.25) is 0 Å². The molecular weight excluding hydrogens is 372 g/mol. The zero-order chi connectivity index (χ0) is 17.9. The Labute approximate surface area is 177 Å². The van der Waals surface area contributed by atoms with Gasteiger partial charge in [0.05, 0.1) is 0 Å². The van der Waals surface area contributed by atoms with Crippen molar-refractivity contribution in [1.29, 1.82) is 0 Å². The van der Waals surface area contributed by atoms with Crippen LogP contribution in [0.25, 0.3) is 0 Å². The molecule has 27 heavy (non-hydrogen) atoms. The Morgan fingerprint density at radius 1 is 0.519 bits per heavy atom. The standard InChI is InChI=1S/2C12H18N.Fe/c2*1-4-9-13(10-5-1)11-8-12-6-2-3-7-12;/h2*2-3,6-7H,1,4-5,8-11H2;/q2*-1;. The van der Waals surface area contributed by atoms with Crippen molar-refractivity contribution in [3.05, 3.63) is 59.7 Å². The van der Waals surface area contributed by atoms with Crippen LogP contribution in [0.15, 0.2) is 48.5 Å². The van der Waals surface area contributed by atoms with Crippen molar-refractivity contribution in [2.24, 2.45) is 0 Å². The Bertz CT molecular complexity index is 497. The summed E-state index contributed by atoms with van der Waals surface area (Å²) in [7, 11) is 0. The van der Waals surface area contributed by atoms with E-state index in [0.29, 0.717) is 0 Å². The minimum absolute atomic E-state index is 0. The van der Waals surface area contributed by atoms with Crippen LogP contribution in [-0.2, 0) is 29.9 Å². The molecule has 3 heteroatoms. The van der Waals surface area contributed by atoms with Crippen LogP contribution < -0.4 is 0 Å². The second-order valence-corrected chi connectivity index (χ2v) is 7.89. The molecule has 0 amide bonds. The molecule has 0 saturated carbocycles. The minimum Gasteiger partial charge on any atom is -0.304 e. The quantitative estimate of drug-likeness (QED) is 0.497. The Hall–Kier alpha value is -0.861. The maximum Gasteiger partial charge on any atom is 0 e. The van der Waals surface area contributed by atoms with Gasteiger partial charge in [-0.2, -0.15) is 35.4 Å². The molecule has 2 fully saturated rings. The van der Waals surface area contributed by atoms with E-state index in [1.54, 1.807) is 0 Å². The molecule has 4 rings (SSSR count). The Morgan fingerprint density at radius 2 is 0.852 bits per heavy atom. The zero-order valence-corrected chi connectivity index (χ0v) is 17.9. The predicted octanol–water partition coefficient (Wildman–Crippen LogP) is 4.87. The van der Waals surface area contributed by atoms with Crippen LogP contribution >= 0.6 is 0 Å². The van der Waals surface area contributed by atoms with E-state index in [4.69, 9.17) is 0 Å². The van der Waals surface area contributed by atoms with Gasteiger partial charge in [-0.15, -0.1) is 0 Å². The second-order valence-electron chi connectivity index (χ2n) is 7.89. The molecule has 0 atom stereocenters. The number of nitrogens with zero attached hydrogens (tertiary/aromatic N) is 2. The molecule has 2 saturated heterocycles. The number of likely N-dealkylation sites (tertiary alicyclic amines) is 2. The summed E-state index contributed by atoms with van der Waals surface area (Å²) in [6, 6.07) is 17.4. The molecule has 0 aromatic heterocycles. The molecule has 0 bridgehead atoms. The van der Waals surface area contributed by atoms with Crippen molar-refractivity contribution in [1.82, 2.24) is 9.80 Å². The fourth-order valence-electron chi connectivity index (χ4n) is 4.10. The summed E-state index contributed by atoms with van der Waals surface area (Å²) in [6.45, 7) is 7.79. The molecule has 2 aliphatic heterocycles. The third-order valence-corrected chi connectivity index (χ3v) is 5.79. The van der Waals surface area contributed by atoms with Crippen molar-refractivity contribution in [2.45, 2.75) is 51.4 Å². The van der Waals surface area contributed by atoms with Gasteiger partial charge in [0, 0.05) is 17.1 Å². The third kappa shape index (κ3) is 8.79. The summed E-state index contributed by atoms with van der Waals surface area (Å²) >= 11 is 0. The Morgan fingerprint density at radius 3 is 1.19 bits per heavy atom. The van der Waals surface area contributed by atoms with Crippen LogP contribution in [0.2, 0.25) is 0 Å². The summed E-state index contributed by atoms with van der Waals surface area (Å²) in [4.78, 5) is 5.19. The molecule has 0 aliphatic carbocycles. The average molecular weight is 408 g/mol. The van der Waals surface area contributed by atoms with Gasteiger partial charge in [-0.25, -0.2) is 24.3 Å². The average Bonchev–Trinajstić information content (AvgIpc) is 3.41. The van der Waals surface area contributed by atoms with E-state index in [9.17, 15) is 0 Å². The summed E-state index contributed by atoms with van der Waals surface area (Å²) in [6.07, 6.45) is 10.9. The van der Waals surface area contributed by atoms with Gasteiger partial charge in [-0.1, -0.05) is 25.7 Å². The summed E-state index contributed by atoms with van der Waals surface area (Å²) < 4.78 is 0. The second kappa shape index (κ2) is 13.3. The van der Waals surface area contributed by atoms with Gasteiger partial charge < -0.3 is 9.80 Å². The number of hydrogen-bond acceptors (Lipinski definition) is 2. The van der Waals surface area contributed by atoms with Crippen molar-refractivity contribution in [3.63, 3.8) is 0 Å². The first kappa shape index (κ1) is 22.4. The molecule has 152 valence electrons. The minimum atomic E-state index is 0. The van der Waals surface area contributed by atoms with Crippen LogP contribution in [-0.4, -0.2) is 49.1 Å². The molecule has 2 aromatic rings. The third-order valence-electron chi connectivity index (χ3n) is 5.79. The van der Waals surface area contributed by atoms with Gasteiger partial charge in [0.25, 0.3) is 0 Å². The number of hydrogen-bond donors (Lipinski definition) is 0. The zero-order valence-electron chi connectivity index (χ0n) is 16.8. The van der Waals surface area contributed by atoms with E-state index < -0.39 is 0 Å². The largest absolute Gasteiger partial charge is 0.304 e. The maximum absolute atomic E-state index is 2.59. The van der Waals surface area contributed by atoms with Gasteiger partial charge >= 0.3 is 0 Å². The molecule has 2 nitrogen and oxygen atoms in total. The molecule has 0 unspecified atom stereocenters. The number of piperidine rings is 2. The molecular formula is C24H36FeN2-2. The summed E-state index contributed by atoms with van der Waals surface area (Å²) in [5.74, 6) is 0. The molecule has 0 spiro atoms. The van der Waals surface area contributed by atoms with E-state index in [2.05, 4.69) is 58.3 Å². The van der Waals surface area contributed by atoms with Gasteiger partial charge in [-0.3, -0.25) is 0 Å². The fourth-order valence-corrected chi connectivity index (χ4v) is 4.10. The first-order valence-electron chi connectivity index (χ1n) is 10.8. The topological polar surface area (TPSA) is 6.48 Å². The number of rotatable bonds is 6. The van der Waals surface area contributed by atoms with Crippen molar-refractivity contribution < 1.29 is 17.1 Å². The van der Waals surface area contributed by atoms with E-state index in [-0.39, 0.29) is 17.1 Å². The molecule has 2 aromatic carbocycles. The van der Waals surface area contributed by atoms with Crippen molar-refractivity contribution >= 4 is 0 Å².